The molecule has 4 rings (SSSR count). The van der Waals surface area contributed by atoms with Crippen molar-refractivity contribution >= 4 is 17.5 Å². The molecule has 1 aromatic carbocycles. The van der Waals surface area contributed by atoms with Gasteiger partial charge in [-0.05, 0) is 24.5 Å². The highest BCUT2D eigenvalue weighted by molar-refractivity contribution is 5.98. The zero-order chi connectivity index (χ0) is 18.4. The minimum Gasteiger partial charge on any atom is -0.336 e. The normalized spacial score (nSPS) is 22.7. The first-order valence-corrected chi connectivity index (χ1v) is 8.80. The van der Waals surface area contributed by atoms with Gasteiger partial charge in [0.15, 0.2) is 0 Å². The van der Waals surface area contributed by atoms with Crippen molar-refractivity contribution in [2.45, 2.75) is 25.3 Å². The summed E-state index contributed by atoms with van der Waals surface area (Å²) in [5, 5.41) is 0. The van der Waals surface area contributed by atoms with Crippen LogP contribution in [0.1, 0.15) is 30.3 Å². The van der Waals surface area contributed by atoms with Crippen molar-refractivity contribution < 1.29 is 14.0 Å². The molecule has 0 bridgehead atoms. The van der Waals surface area contributed by atoms with Crippen LogP contribution >= 0.6 is 0 Å². The highest BCUT2D eigenvalue weighted by Crippen LogP contribution is 2.39. The second-order valence-corrected chi connectivity index (χ2v) is 6.98. The highest BCUT2D eigenvalue weighted by atomic mass is 19.1. The highest BCUT2D eigenvalue weighted by Gasteiger charge is 2.44. The van der Waals surface area contributed by atoms with Crippen molar-refractivity contribution in [3.05, 3.63) is 47.8 Å². The zero-order valence-electron chi connectivity index (χ0n) is 14.9. The van der Waals surface area contributed by atoms with E-state index in [-0.39, 0.29) is 17.6 Å². The number of hydrogen-bond donors (Lipinski definition) is 0. The molecule has 0 N–H and O–H groups in total. The van der Waals surface area contributed by atoms with Crippen LogP contribution in [0.5, 0.6) is 0 Å². The molecule has 7 heteroatoms. The summed E-state index contributed by atoms with van der Waals surface area (Å²) < 4.78 is 16.2. The van der Waals surface area contributed by atoms with Gasteiger partial charge >= 0.3 is 0 Å². The summed E-state index contributed by atoms with van der Waals surface area (Å²) in [4.78, 5) is 33.1. The molecule has 1 aromatic heterocycles. The number of carbonyl (C=O) groups excluding carboxylic acids is 2. The van der Waals surface area contributed by atoms with Crippen LogP contribution in [-0.4, -0.2) is 39.9 Å². The van der Waals surface area contributed by atoms with Crippen LogP contribution in [0, 0.1) is 11.7 Å². The van der Waals surface area contributed by atoms with Crippen LogP contribution in [0.25, 0.3) is 0 Å². The van der Waals surface area contributed by atoms with Gasteiger partial charge in [-0.2, -0.15) is 0 Å². The van der Waals surface area contributed by atoms with Crippen molar-refractivity contribution in [2.24, 2.45) is 13.0 Å². The van der Waals surface area contributed by atoms with E-state index in [1.165, 1.54) is 6.07 Å². The van der Waals surface area contributed by atoms with Crippen LogP contribution in [0.3, 0.4) is 0 Å². The van der Waals surface area contributed by atoms with E-state index in [2.05, 4.69) is 4.98 Å². The molecule has 0 aliphatic carbocycles. The molecule has 0 radical (unpaired) electrons. The minimum atomic E-state index is -0.445. The molecule has 0 unspecified atom stereocenters. The molecule has 0 spiro atoms. The zero-order valence-corrected chi connectivity index (χ0v) is 14.9. The van der Waals surface area contributed by atoms with Gasteiger partial charge in [0, 0.05) is 39.5 Å². The molecule has 136 valence electrons. The van der Waals surface area contributed by atoms with Gasteiger partial charge in [-0.25, -0.2) is 9.37 Å². The van der Waals surface area contributed by atoms with Gasteiger partial charge < -0.3 is 14.4 Å². The number of hydrogen-bond acceptors (Lipinski definition) is 3. The Labute approximate surface area is 151 Å². The topological polar surface area (TPSA) is 58.4 Å². The number of rotatable bonds is 2. The van der Waals surface area contributed by atoms with E-state index in [1.807, 2.05) is 17.7 Å². The number of aryl methyl sites for hydroxylation is 1. The molecule has 6 nitrogen and oxygen atoms in total. The molecular weight excluding hydrogens is 335 g/mol. The van der Waals surface area contributed by atoms with Gasteiger partial charge in [0.05, 0.1) is 11.6 Å². The average molecular weight is 356 g/mol. The number of amides is 2. The number of imidazole rings is 1. The molecule has 1 fully saturated rings. The van der Waals surface area contributed by atoms with Crippen molar-refractivity contribution in [2.75, 3.05) is 18.5 Å². The third-order valence-corrected chi connectivity index (χ3v) is 5.51. The monoisotopic (exact) mass is 356 g/mol. The van der Waals surface area contributed by atoms with Crippen molar-refractivity contribution in [3.8, 4) is 0 Å². The number of para-hydroxylation sites is 1. The summed E-state index contributed by atoms with van der Waals surface area (Å²) in [6, 6.07) is 4.47. The number of piperidine rings is 1. The van der Waals surface area contributed by atoms with E-state index in [0.717, 1.165) is 5.56 Å². The summed E-state index contributed by atoms with van der Waals surface area (Å²) in [6.45, 7) is 0.469. The van der Waals surface area contributed by atoms with E-state index in [9.17, 15) is 14.0 Å². The molecule has 26 heavy (non-hydrogen) atoms. The number of carbonyl (C=O) groups is 2. The predicted octanol–water partition coefficient (Wildman–Crippen LogP) is 2.06. The van der Waals surface area contributed by atoms with Gasteiger partial charge in [0.1, 0.15) is 17.7 Å². The Kier molecular flexibility index (Phi) is 4.01. The molecule has 3 heterocycles. The van der Waals surface area contributed by atoms with Crippen LogP contribution in [-0.2, 0) is 23.1 Å². The summed E-state index contributed by atoms with van der Waals surface area (Å²) in [6.07, 6.45) is 4.86. The summed E-state index contributed by atoms with van der Waals surface area (Å²) in [5.41, 5.74) is 1.24. The maximum atomic E-state index is 14.4. The first-order chi connectivity index (χ1) is 12.5. The van der Waals surface area contributed by atoms with Crippen molar-refractivity contribution in [1.29, 1.82) is 0 Å². The fourth-order valence-corrected chi connectivity index (χ4v) is 4.14. The van der Waals surface area contributed by atoms with Crippen LogP contribution in [0.15, 0.2) is 30.6 Å². The van der Waals surface area contributed by atoms with Gasteiger partial charge in [-0.15, -0.1) is 0 Å². The number of aromatic nitrogens is 2. The smallest absolute Gasteiger partial charge is 0.232 e. The fourth-order valence-electron chi connectivity index (χ4n) is 4.14. The lowest BCUT2D eigenvalue weighted by Gasteiger charge is -2.39. The van der Waals surface area contributed by atoms with E-state index in [0.29, 0.717) is 37.3 Å². The summed E-state index contributed by atoms with van der Waals surface area (Å²) in [5.74, 6) is -0.283. The van der Waals surface area contributed by atoms with Gasteiger partial charge in [-0.1, -0.05) is 12.1 Å². The number of halogens is 1. The van der Waals surface area contributed by atoms with Gasteiger partial charge in [0.2, 0.25) is 11.8 Å². The third-order valence-electron chi connectivity index (χ3n) is 5.51. The van der Waals surface area contributed by atoms with E-state index >= 15 is 0 Å². The lowest BCUT2D eigenvalue weighted by molar-refractivity contribution is -0.141. The fraction of sp³-hybridized carbons (Fsp3) is 0.421. The third kappa shape index (κ3) is 2.50. The van der Waals surface area contributed by atoms with E-state index in [4.69, 9.17) is 0 Å². The first kappa shape index (κ1) is 16.8. The maximum Gasteiger partial charge on any atom is 0.232 e. The SMILES string of the molecule is CN1C(=O)CC[C@H](C(=O)N2CCc3cccc(F)c32)[C@H]1c1nccn1C. The quantitative estimate of drug-likeness (QED) is 0.828. The molecule has 2 aliphatic heterocycles. The summed E-state index contributed by atoms with van der Waals surface area (Å²) in [7, 11) is 3.56. The molecule has 2 amide bonds. The lowest BCUT2D eigenvalue weighted by atomic mass is 9.87. The Morgan fingerprint density at radius 1 is 1.27 bits per heavy atom. The summed E-state index contributed by atoms with van der Waals surface area (Å²) >= 11 is 0. The number of anilines is 1. The van der Waals surface area contributed by atoms with Crippen LogP contribution in [0.4, 0.5) is 10.1 Å². The Morgan fingerprint density at radius 3 is 2.81 bits per heavy atom. The minimum absolute atomic E-state index is 0.00458. The molecular formula is C19H21FN4O2. The number of nitrogens with zero attached hydrogens (tertiary/aromatic N) is 4. The molecule has 1 saturated heterocycles. The number of fused-ring (bicyclic) bond motifs is 1. The first-order valence-electron chi connectivity index (χ1n) is 8.80. The van der Waals surface area contributed by atoms with Crippen molar-refractivity contribution in [1.82, 2.24) is 14.5 Å². The van der Waals surface area contributed by atoms with Crippen LogP contribution in [0.2, 0.25) is 0 Å². The lowest BCUT2D eigenvalue weighted by Crippen LogP contribution is -2.48. The van der Waals surface area contributed by atoms with Gasteiger partial charge in [0.25, 0.3) is 0 Å². The molecule has 2 aliphatic rings. The largest absolute Gasteiger partial charge is 0.336 e. The second kappa shape index (κ2) is 6.23. The molecule has 0 saturated carbocycles. The Morgan fingerprint density at radius 2 is 2.08 bits per heavy atom. The number of likely N-dealkylation sites (tertiary alicyclic amines) is 1. The predicted molar refractivity (Wildman–Crippen MR) is 93.9 cm³/mol. The second-order valence-electron chi connectivity index (χ2n) is 6.98. The van der Waals surface area contributed by atoms with Crippen LogP contribution < -0.4 is 4.90 Å². The standard InChI is InChI=1S/C19H21FN4O2/c1-22-11-9-21-18(22)17-13(6-7-15(25)23(17)2)19(26)24-10-8-12-4-3-5-14(20)16(12)24/h3-5,9,11,13,17H,6-8,10H2,1-2H3/t13-,17-/m0/s1. The Hall–Kier alpha value is -2.70. The van der Waals surface area contributed by atoms with Gasteiger partial charge in [-0.3, -0.25) is 9.59 Å². The Bertz CT molecular complexity index is 878. The van der Waals surface area contributed by atoms with E-state index in [1.54, 1.807) is 35.3 Å². The number of benzene rings is 1. The molecule has 2 atom stereocenters. The molecule has 2 aromatic rings. The van der Waals surface area contributed by atoms with Crippen molar-refractivity contribution in [3.63, 3.8) is 0 Å². The van der Waals surface area contributed by atoms with E-state index < -0.39 is 12.0 Å². The average Bonchev–Trinajstić information content (AvgIpc) is 3.24. The maximum absolute atomic E-state index is 14.4. The Balaban J connectivity index is 1.71.